The fraction of sp³-hybridized carbons (Fsp3) is 0.478. The molecule has 1 atom stereocenters. The van der Waals surface area contributed by atoms with E-state index < -0.39 is 0 Å². The number of furan rings is 1. The maximum Gasteiger partial charge on any atom is 0.224 e. The van der Waals surface area contributed by atoms with E-state index in [1.165, 1.54) is 31.4 Å². The van der Waals surface area contributed by atoms with Gasteiger partial charge in [0.25, 0.3) is 0 Å². The minimum absolute atomic E-state index is 0.140. The highest BCUT2D eigenvalue weighted by atomic mass is 19.1. The number of hydrogen-bond donors (Lipinski definition) is 3. The highest BCUT2D eigenvalue weighted by Gasteiger charge is 2.24. The van der Waals surface area contributed by atoms with Crippen LogP contribution < -0.4 is 16.0 Å². The molecule has 0 saturated carbocycles. The van der Waals surface area contributed by atoms with Gasteiger partial charge in [-0.15, -0.1) is 0 Å². The van der Waals surface area contributed by atoms with Crippen LogP contribution in [0, 0.1) is 5.82 Å². The van der Waals surface area contributed by atoms with Crippen molar-refractivity contribution in [3.8, 4) is 0 Å². The number of hydrogen-bond acceptors (Lipinski definition) is 4. The van der Waals surface area contributed by atoms with E-state index in [1.54, 1.807) is 25.4 Å². The third-order valence-corrected chi connectivity index (χ3v) is 5.38. The van der Waals surface area contributed by atoms with E-state index >= 15 is 0 Å². The van der Waals surface area contributed by atoms with Crippen molar-refractivity contribution in [2.24, 2.45) is 4.99 Å². The number of likely N-dealkylation sites (tertiary alicyclic amines) is 1. The minimum Gasteiger partial charge on any atom is -0.468 e. The molecule has 0 aliphatic carbocycles. The number of rotatable bonds is 9. The second-order valence-corrected chi connectivity index (χ2v) is 7.66. The summed E-state index contributed by atoms with van der Waals surface area (Å²) in [5.74, 6) is 1.15. The van der Waals surface area contributed by atoms with Gasteiger partial charge < -0.3 is 20.4 Å². The summed E-state index contributed by atoms with van der Waals surface area (Å²) in [5.41, 5.74) is 0.657. The predicted octanol–water partition coefficient (Wildman–Crippen LogP) is 2.47. The van der Waals surface area contributed by atoms with Crippen molar-refractivity contribution in [3.63, 3.8) is 0 Å². The number of amides is 1. The average molecular weight is 430 g/mol. The van der Waals surface area contributed by atoms with Gasteiger partial charge in [0.1, 0.15) is 11.6 Å². The molecule has 1 unspecified atom stereocenters. The van der Waals surface area contributed by atoms with Crippen LogP contribution in [-0.2, 0) is 11.2 Å². The monoisotopic (exact) mass is 429 g/mol. The van der Waals surface area contributed by atoms with Gasteiger partial charge in [0.15, 0.2) is 5.96 Å². The lowest BCUT2D eigenvalue weighted by atomic mass is 10.1. The van der Waals surface area contributed by atoms with Crippen molar-refractivity contribution >= 4 is 11.9 Å². The molecule has 168 valence electrons. The Morgan fingerprint density at radius 3 is 2.65 bits per heavy atom. The van der Waals surface area contributed by atoms with Crippen molar-refractivity contribution in [3.05, 3.63) is 59.8 Å². The number of aliphatic imine (C=N–C) groups is 1. The quantitative estimate of drug-likeness (QED) is 0.324. The van der Waals surface area contributed by atoms with Gasteiger partial charge >= 0.3 is 0 Å². The van der Waals surface area contributed by atoms with E-state index in [9.17, 15) is 9.18 Å². The summed E-state index contributed by atoms with van der Waals surface area (Å²) < 4.78 is 18.9. The molecular formula is C23H32FN5O2. The van der Waals surface area contributed by atoms with Crippen LogP contribution in [0.2, 0.25) is 0 Å². The normalized spacial score (nSPS) is 16.0. The molecule has 2 heterocycles. The maximum atomic E-state index is 13.2. The Labute approximate surface area is 183 Å². The minimum atomic E-state index is -0.334. The van der Waals surface area contributed by atoms with Gasteiger partial charge in [-0.1, -0.05) is 18.6 Å². The van der Waals surface area contributed by atoms with Crippen LogP contribution >= 0.6 is 0 Å². The van der Waals surface area contributed by atoms with Gasteiger partial charge in [0, 0.05) is 26.7 Å². The van der Waals surface area contributed by atoms with Gasteiger partial charge in [-0.2, -0.15) is 0 Å². The summed E-state index contributed by atoms with van der Waals surface area (Å²) in [6.45, 7) is 3.79. The highest BCUT2D eigenvalue weighted by Crippen LogP contribution is 2.24. The number of halogens is 1. The number of nitrogens with one attached hydrogen (secondary N) is 3. The summed E-state index contributed by atoms with van der Waals surface area (Å²) in [6, 6.07) is 10.2. The fourth-order valence-electron chi connectivity index (χ4n) is 3.81. The Hall–Kier alpha value is -2.87. The summed E-state index contributed by atoms with van der Waals surface area (Å²) >= 11 is 0. The largest absolute Gasteiger partial charge is 0.468 e. The SMILES string of the molecule is CN=C(NCCNC(=O)Cc1cccc(F)c1)NCC(c1ccco1)N1CCCCC1. The predicted molar refractivity (Wildman–Crippen MR) is 119 cm³/mol. The summed E-state index contributed by atoms with van der Waals surface area (Å²) in [6.07, 6.45) is 5.57. The van der Waals surface area contributed by atoms with Gasteiger partial charge in [-0.05, 0) is 55.8 Å². The molecule has 8 heteroatoms. The molecule has 1 aliphatic rings. The summed E-state index contributed by atoms with van der Waals surface area (Å²) in [7, 11) is 1.72. The Kier molecular flexibility index (Phi) is 8.90. The Bertz CT molecular complexity index is 834. The number of piperidine rings is 1. The molecule has 0 radical (unpaired) electrons. The van der Waals surface area contributed by atoms with E-state index in [-0.39, 0.29) is 24.2 Å². The topological polar surface area (TPSA) is 81.9 Å². The number of guanidine groups is 1. The Morgan fingerprint density at radius 1 is 1.13 bits per heavy atom. The third kappa shape index (κ3) is 7.40. The third-order valence-electron chi connectivity index (χ3n) is 5.38. The van der Waals surface area contributed by atoms with Crippen LogP contribution in [0.4, 0.5) is 4.39 Å². The first kappa shape index (κ1) is 22.8. The summed E-state index contributed by atoms with van der Waals surface area (Å²) in [5, 5.41) is 9.43. The molecular weight excluding hydrogens is 397 g/mol. The van der Waals surface area contributed by atoms with Gasteiger partial charge in [-0.3, -0.25) is 14.7 Å². The zero-order valence-electron chi connectivity index (χ0n) is 18.1. The summed E-state index contributed by atoms with van der Waals surface area (Å²) in [4.78, 5) is 18.8. The molecule has 2 aromatic rings. The van der Waals surface area contributed by atoms with Crippen LogP contribution in [-0.4, -0.2) is 56.5 Å². The Balaban J connectivity index is 1.40. The first-order valence-electron chi connectivity index (χ1n) is 10.9. The van der Waals surface area contributed by atoms with Crippen LogP contribution in [0.5, 0.6) is 0 Å². The van der Waals surface area contributed by atoms with Crippen molar-refractivity contribution < 1.29 is 13.6 Å². The first-order valence-corrected chi connectivity index (χ1v) is 10.9. The maximum absolute atomic E-state index is 13.2. The lowest BCUT2D eigenvalue weighted by Gasteiger charge is -2.33. The van der Waals surface area contributed by atoms with Crippen LogP contribution in [0.25, 0.3) is 0 Å². The second kappa shape index (κ2) is 12.1. The first-order chi connectivity index (χ1) is 15.2. The van der Waals surface area contributed by atoms with Crippen molar-refractivity contribution in [1.82, 2.24) is 20.9 Å². The molecule has 0 spiro atoms. The lowest BCUT2D eigenvalue weighted by molar-refractivity contribution is -0.120. The van der Waals surface area contributed by atoms with E-state index in [0.717, 1.165) is 18.8 Å². The van der Waals surface area contributed by atoms with Crippen LogP contribution in [0.15, 0.2) is 52.1 Å². The molecule has 3 N–H and O–H groups in total. The van der Waals surface area contributed by atoms with E-state index in [0.29, 0.717) is 31.2 Å². The molecule has 3 rings (SSSR count). The van der Waals surface area contributed by atoms with Crippen molar-refractivity contribution in [1.29, 1.82) is 0 Å². The van der Waals surface area contributed by atoms with E-state index in [1.807, 2.05) is 12.1 Å². The van der Waals surface area contributed by atoms with E-state index in [4.69, 9.17) is 4.42 Å². The number of carbonyl (C=O) groups excluding carboxylic acids is 1. The van der Waals surface area contributed by atoms with Crippen molar-refractivity contribution in [2.75, 3.05) is 39.8 Å². The standard InChI is InChI=1S/C23H32FN5O2/c1-25-23(27-11-10-26-22(30)16-18-7-5-8-19(24)15-18)28-17-20(21-9-6-14-31-21)29-12-3-2-4-13-29/h5-9,14-15,20H,2-4,10-13,16-17H2,1H3,(H,26,30)(H2,25,27,28). The van der Waals surface area contributed by atoms with Crippen LogP contribution in [0.1, 0.15) is 36.6 Å². The smallest absolute Gasteiger partial charge is 0.224 e. The molecule has 1 saturated heterocycles. The van der Waals surface area contributed by atoms with Gasteiger partial charge in [0.05, 0.1) is 18.7 Å². The number of benzene rings is 1. The highest BCUT2D eigenvalue weighted by molar-refractivity contribution is 5.80. The van der Waals surface area contributed by atoms with Crippen LogP contribution in [0.3, 0.4) is 0 Å². The van der Waals surface area contributed by atoms with E-state index in [2.05, 4.69) is 25.8 Å². The lowest BCUT2D eigenvalue weighted by Crippen LogP contribution is -2.46. The molecule has 0 bridgehead atoms. The van der Waals surface area contributed by atoms with Gasteiger partial charge in [-0.25, -0.2) is 4.39 Å². The fourth-order valence-corrected chi connectivity index (χ4v) is 3.81. The van der Waals surface area contributed by atoms with Gasteiger partial charge in [0.2, 0.25) is 5.91 Å². The molecule has 1 amide bonds. The molecule has 1 aromatic carbocycles. The molecule has 1 aromatic heterocycles. The zero-order valence-corrected chi connectivity index (χ0v) is 18.1. The number of carbonyl (C=O) groups is 1. The van der Waals surface area contributed by atoms with Crippen molar-refractivity contribution in [2.45, 2.75) is 31.7 Å². The number of nitrogens with zero attached hydrogens (tertiary/aromatic N) is 2. The average Bonchev–Trinajstić information content (AvgIpc) is 3.30. The molecule has 7 nitrogen and oxygen atoms in total. The molecule has 1 aliphatic heterocycles. The Morgan fingerprint density at radius 2 is 1.94 bits per heavy atom. The second-order valence-electron chi connectivity index (χ2n) is 7.66. The zero-order chi connectivity index (χ0) is 21.9. The molecule has 1 fully saturated rings. The molecule has 31 heavy (non-hydrogen) atoms.